The molecule has 19 heavy (non-hydrogen) atoms. The highest BCUT2D eigenvalue weighted by Crippen LogP contribution is 2.32. The second-order valence-corrected chi connectivity index (χ2v) is 5.42. The SMILES string of the molecule is CN1CCC(Oc2ccc3c(c2)[C@H](O)CCC3)C1=O. The molecule has 1 N–H and O–H groups in total. The van der Waals surface area contributed by atoms with Crippen molar-refractivity contribution in [1.29, 1.82) is 0 Å². The zero-order valence-electron chi connectivity index (χ0n) is 11.1. The van der Waals surface area contributed by atoms with Gasteiger partial charge in [-0.1, -0.05) is 6.07 Å². The lowest BCUT2D eigenvalue weighted by atomic mass is 9.89. The van der Waals surface area contributed by atoms with Crippen LogP contribution in [0.25, 0.3) is 0 Å². The predicted octanol–water partition coefficient (Wildman–Crippen LogP) is 1.67. The molecule has 2 aliphatic rings. The van der Waals surface area contributed by atoms with Crippen molar-refractivity contribution in [1.82, 2.24) is 4.90 Å². The van der Waals surface area contributed by atoms with Crippen molar-refractivity contribution in [2.45, 2.75) is 37.9 Å². The van der Waals surface area contributed by atoms with E-state index in [1.165, 1.54) is 5.56 Å². The Balaban J connectivity index is 1.79. The largest absolute Gasteiger partial charge is 0.481 e. The second-order valence-electron chi connectivity index (χ2n) is 5.42. The van der Waals surface area contributed by atoms with Crippen molar-refractivity contribution in [3.8, 4) is 5.75 Å². The molecule has 1 amide bonds. The van der Waals surface area contributed by atoms with Crippen LogP contribution in [0.1, 0.15) is 36.5 Å². The van der Waals surface area contributed by atoms with Gasteiger partial charge in [-0.05, 0) is 42.5 Å². The first-order chi connectivity index (χ1) is 9.15. The number of fused-ring (bicyclic) bond motifs is 1. The van der Waals surface area contributed by atoms with Crippen LogP contribution in [0.5, 0.6) is 5.75 Å². The first-order valence-corrected chi connectivity index (χ1v) is 6.87. The number of rotatable bonds is 2. The number of aliphatic hydroxyl groups is 1. The number of aliphatic hydroxyl groups excluding tert-OH is 1. The number of carbonyl (C=O) groups is 1. The molecule has 0 spiro atoms. The predicted molar refractivity (Wildman–Crippen MR) is 71.0 cm³/mol. The minimum Gasteiger partial charge on any atom is -0.481 e. The molecule has 1 aliphatic heterocycles. The average Bonchev–Trinajstić information content (AvgIpc) is 2.72. The molecule has 0 saturated carbocycles. The maximum atomic E-state index is 11.8. The van der Waals surface area contributed by atoms with Gasteiger partial charge in [-0.2, -0.15) is 0 Å². The molecular formula is C15H19NO3. The molecule has 4 nitrogen and oxygen atoms in total. The van der Waals surface area contributed by atoms with E-state index in [0.29, 0.717) is 5.75 Å². The number of ether oxygens (including phenoxy) is 1. The van der Waals surface area contributed by atoms with Crippen LogP contribution < -0.4 is 4.74 Å². The molecule has 3 rings (SSSR count). The maximum absolute atomic E-state index is 11.8. The first-order valence-electron chi connectivity index (χ1n) is 6.87. The topological polar surface area (TPSA) is 49.8 Å². The van der Waals surface area contributed by atoms with E-state index in [9.17, 15) is 9.90 Å². The number of benzene rings is 1. The van der Waals surface area contributed by atoms with Crippen molar-refractivity contribution in [3.63, 3.8) is 0 Å². The Morgan fingerprint density at radius 1 is 1.37 bits per heavy atom. The van der Waals surface area contributed by atoms with Crippen LogP contribution in [-0.2, 0) is 11.2 Å². The van der Waals surface area contributed by atoms with Crippen LogP contribution in [-0.4, -0.2) is 35.6 Å². The van der Waals surface area contributed by atoms with E-state index in [4.69, 9.17) is 4.74 Å². The van der Waals surface area contributed by atoms with E-state index in [-0.39, 0.29) is 12.0 Å². The minimum atomic E-state index is -0.394. The molecule has 102 valence electrons. The van der Waals surface area contributed by atoms with Crippen LogP contribution in [0.4, 0.5) is 0 Å². The number of hydrogen-bond donors (Lipinski definition) is 1. The molecule has 1 aliphatic carbocycles. The molecule has 1 saturated heterocycles. The number of amides is 1. The number of nitrogens with zero attached hydrogens (tertiary/aromatic N) is 1. The summed E-state index contributed by atoms with van der Waals surface area (Å²) in [4.78, 5) is 13.5. The summed E-state index contributed by atoms with van der Waals surface area (Å²) in [5, 5.41) is 10.0. The first kappa shape index (κ1) is 12.5. The molecule has 1 aromatic rings. The van der Waals surface area contributed by atoms with Gasteiger partial charge in [0.1, 0.15) is 5.75 Å². The maximum Gasteiger partial charge on any atom is 0.263 e. The molecule has 0 radical (unpaired) electrons. The fourth-order valence-corrected chi connectivity index (χ4v) is 2.89. The molecule has 1 heterocycles. The number of likely N-dealkylation sites (N-methyl/N-ethyl adjacent to an activating group) is 1. The summed E-state index contributed by atoms with van der Waals surface area (Å²) in [6, 6.07) is 5.81. The van der Waals surface area contributed by atoms with Gasteiger partial charge in [0.2, 0.25) is 0 Å². The van der Waals surface area contributed by atoms with E-state index < -0.39 is 6.10 Å². The van der Waals surface area contributed by atoms with Gasteiger partial charge in [0.15, 0.2) is 6.10 Å². The molecule has 4 heteroatoms. The third kappa shape index (κ3) is 2.32. The van der Waals surface area contributed by atoms with Crippen LogP contribution >= 0.6 is 0 Å². The Bertz CT molecular complexity index is 500. The van der Waals surface area contributed by atoms with Crippen LogP contribution in [0, 0.1) is 0 Å². The highest BCUT2D eigenvalue weighted by molar-refractivity contribution is 5.83. The smallest absolute Gasteiger partial charge is 0.263 e. The second kappa shape index (κ2) is 4.85. The number of hydrogen-bond acceptors (Lipinski definition) is 3. The lowest BCUT2D eigenvalue weighted by molar-refractivity contribution is -0.132. The Labute approximate surface area is 113 Å². The number of aryl methyl sites for hydroxylation is 1. The summed E-state index contributed by atoms with van der Waals surface area (Å²) in [6.45, 7) is 0.747. The highest BCUT2D eigenvalue weighted by atomic mass is 16.5. The summed E-state index contributed by atoms with van der Waals surface area (Å²) in [6.07, 6.45) is 2.81. The lowest BCUT2D eigenvalue weighted by Gasteiger charge is -2.22. The third-order valence-corrected chi connectivity index (χ3v) is 4.06. The zero-order chi connectivity index (χ0) is 13.4. The lowest BCUT2D eigenvalue weighted by Crippen LogP contribution is -2.29. The fourth-order valence-electron chi connectivity index (χ4n) is 2.89. The molecule has 0 bridgehead atoms. The highest BCUT2D eigenvalue weighted by Gasteiger charge is 2.31. The quantitative estimate of drug-likeness (QED) is 0.881. The van der Waals surface area contributed by atoms with Gasteiger partial charge in [-0.25, -0.2) is 0 Å². The van der Waals surface area contributed by atoms with Gasteiger partial charge in [0.05, 0.1) is 6.10 Å². The van der Waals surface area contributed by atoms with E-state index in [2.05, 4.69) is 0 Å². The third-order valence-electron chi connectivity index (χ3n) is 4.06. The Hall–Kier alpha value is -1.55. The molecule has 1 aromatic carbocycles. The monoisotopic (exact) mass is 261 g/mol. The summed E-state index contributed by atoms with van der Waals surface area (Å²) >= 11 is 0. The molecule has 1 fully saturated rings. The number of likely N-dealkylation sites (tertiary alicyclic amines) is 1. The summed E-state index contributed by atoms with van der Waals surface area (Å²) in [5.41, 5.74) is 2.16. The fraction of sp³-hybridized carbons (Fsp3) is 0.533. The van der Waals surface area contributed by atoms with Gasteiger partial charge in [-0.3, -0.25) is 4.79 Å². The minimum absolute atomic E-state index is 0.0401. The zero-order valence-corrected chi connectivity index (χ0v) is 11.1. The van der Waals surface area contributed by atoms with Crippen molar-refractivity contribution in [3.05, 3.63) is 29.3 Å². The molecule has 0 aromatic heterocycles. The van der Waals surface area contributed by atoms with Gasteiger partial charge in [0, 0.05) is 20.0 Å². The van der Waals surface area contributed by atoms with Gasteiger partial charge < -0.3 is 14.7 Å². The van der Waals surface area contributed by atoms with Crippen molar-refractivity contribution >= 4 is 5.91 Å². The molecule has 2 atom stereocenters. The normalized spacial score (nSPS) is 26.4. The standard InChI is InChI=1S/C15H19NO3/c1-16-8-7-14(15(16)18)19-11-6-5-10-3-2-4-13(17)12(10)9-11/h5-6,9,13-14,17H,2-4,7-8H2,1H3/t13-,14?/m1/s1. The van der Waals surface area contributed by atoms with Gasteiger partial charge in [0.25, 0.3) is 5.91 Å². The molecule has 1 unspecified atom stereocenters. The van der Waals surface area contributed by atoms with Crippen LogP contribution in [0.15, 0.2) is 18.2 Å². The van der Waals surface area contributed by atoms with Gasteiger partial charge >= 0.3 is 0 Å². The van der Waals surface area contributed by atoms with E-state index >= 15 is 0 Å². The Morgan fingerprint density at radius 3 is 2.95 bits per heavy atom. The number of carbonyl (C=O) groups excluding carboxylic acids is 1. The van der Waals surface area contributed by atoms with Crippen LogP contribution in [0.3, 0.4) is 0 Å². The summed E-state index contributed by atoms with van der Waals surface area (Å²) in [7, 11) is 1.79. The van der Waals surface area contributed by atoms with Crippen LogP contribution in [0.2, 0.25) is 0 Å². The summed E-state index contributed by atoms with van der Waals surface area (Å²) in [5.74, 6) is 0.728. The Morgan fingerprint density at radius 2 is 2.21 bits per heavy atom. The summed E-state index contributed by atoms with van der Waals surface area (Å²) < 4.78 is 5.77. The van der Waals surface area contributed by atoms with Gasteiger partial charge in [-0.15, -0.1) is 0 Å². The van der Waals surface area contributed by atoms with E-state index in [1.807, 2.05) is 18.2 Å². The van der Waals surface area contributed by atoms with E-state index in [1.54, 1.807) is 11.9 Å². The van der Waals surface area contributed by atoms with Crippen molar-refractivity contribution in [2.75, 3.05) is 13.6 Å². The van der Waals surface area contributed by atoms with Crippen molar-refractivity contribution in [2.24, 2.45) is 0 Å². The Kier molecular flexibility index (Phi) is 3.19. The van der Waals surface area contributed by atoms with E-state index in [0.717, 1.165) is 37.8 Å². The average molecular weight is 261 g/mol. The molecular weight excluding hydrogens is 242 g/mol. The van der Waals surface area contributed by atoms with Crippen molar-refractivity contribution < 1.29 is 14.6 Å².